The van der Waals surface area contributed by atoms with Gasteiger partial charge in [0.1, 0.15) is 0 Å². The summed E-state index contributed by atoms with van der Waals surface area (Å²) in [4.78, 5) is 4.78. The van der Waals surface area contributed by atoms with Crippen molar-refractivity contribution in [3.63, 3.8) is 0 Å². The van der Waals surface area contributed by atoms with Crippen LogP contribution in [0.25, 0.3) is 0 Å². The van der Waals surface area contributed by atoms with Gasteiger partial charge in [-0.25, -0.2) is 0 Å². The molecule has 0 aromatic rings. The molecule has 80 valence electrons. The Balaban J connectivity index is 1.86. The number of amidine groups is 1. The Hall–Kier alpha value is 0.170. The minimum atomic E-state index is 0.591. The molecule has 2 fully saturated rings. The summed E-state index contributed by atoms with van der Waals surface area (Å²) in [5.74, 6) is 1.18. The highest BCUT2D eigenvalue weighted by Gasteiger charge is 2.25. The lowest BCUT2D eigenvalue weighted by atomic mass is 10.3. The maximum atomic E-state index is 4.78. The van der Waals surface area contributed by atoms with E-state index in [1.807, 2.05) is 23.5 Å². The first kappa shape index (κ1) is 10.7. The summed E-state index contributed by atoms with van der Waals surface area (Å²) < 4.78 is 0. The zero-order chi connectivity index (χ0) is 9.97. The molecule has 0 aromatic carbocycles. The SMILES string of the molecule is CSC1CCC(N=C2NC(C)CS2)C1. The van der Waals surface area contributed by atoms with Crippen molar-refractivity contribution in [2.24, 2.45) is 4.99 Å². The molecule has 3 atom stereocenters. The monoisotopic (exact) mass is 230 g/mol. The highest BCUT2D eigenvalue weighted by atomic mass is 32.2. The first-order valence-electron chi connectivity index (χ1n) is 5.28. The summed E-state index contributed by atoms with van der Waals surface area (Å²) in [6.07, 6.45) is 6.13. The van der Waals surface area contributed by atoms with Crippen LogP contribution in [0.3, 0.4) is 0 Å². The molecule has 1 saturated heterocycles. The molecule has 0 radical (unpaired) electrons. The molecule has 1 aliphatic heterocycles. The van der Waals surface area contributed by atoms with Gasteiger partial charge in [-0.3, -0.25) is 4.99 Å². The second-order valence-electron chi connectivity index (χ2n) is 4.12. The molecule has 0 amide bonds. The van der Waals surface area contributed by atoms with Gasteiger partial charge in [0, 0.05) is 17.0 Å². The number of rotatable bonds is 2. The summed E-state index contributed by atoms with van der Waals surface area (Å²) in [5, 5.41) is 5.46. The summed E-state index contributed by atoms with van der Waals surface area (Å²) in [5.41, 5.74) is 0. The summed E-state index contributed by atoms with van der Waals surface area (Å²) in [7, 11) is 0. The Kier molecular flexibility index (Phi) is 3.66. The number of aliphatic imine (C=N–C) groups is 1. The number of nitrogens with zero attached hydrogens (tertiary/aromatic N) is 1. The van der Waals surface area contributed by atoms with Crippen LogP contribution in [-0.2, 0) is 0 Å². The lowest BCUT2D eigenvalue weighted by Crippen LogP contribution is -2.24. The van der Waals surface area contributed by atoms with E-state index in [1.54, 1.807) is 0 Å². The number of hydrogen-bond donors (Lipinski definition) is 1. The summed E-state index contributed by atoms with van der Waals surface area (Å²) >= 11 is 3.88. The fourth-order valence-electron chi connectivity index (χ4n) is 1.99. The summed E-state index contributed by atoms with van der Waals surface area (Å²) in [6, 6.07) is 1.20. The molecular formula is C10H18N2S2. The standard InChI is InChI=1S/C10H18N2S2/c1-7-6-14-10(11-7)12-8-3-4-9(5-8)13-2/h7-9H,3-6H2,1-2H3,(H,11,12). The van der Waals surface area contributed by atoms with Crippen LogP contribution in [0.1, 0.15) is 26.2 Å². The fraction of sp³-hybridized carbons (Fsp3) is 0.900. The van der Waals surface area contributed by atoms with Crippen LogP contribution in [0.15, 0.2) is 4.99 Å². The molecule has 1 saturated carbocycles. The van der Waals surface area contributed by atoms with E-state index in [9.17, 15) is 0 Å². The number of nitrogens with one attached hydrogen (secondary N) is 1. The van der Waals surface area contributed by atoms with E-state index in [1.165, 1.54) is 30.2 Å². The molecule has 0 aromatic heterocycles. The van der Waals surface area contributed by atoms with Crippen LogP contribution in [-0.4, -0.2) is 34.5 Å². The van der Waals surface area contributed by atoms with Gasteiger partial charge in [0.2, 0.25) is 0 Å². The zero-order valence-electron chi connectivity index (χ0n) is 8.82. The Morgan fingerprint density at radius 1 is 1.50 bits per heavy atom. The number of hydrogen-bond acceptors (Lipinski definition) is 3. The minimum absolute atomic E-state index is 0.591. The van der Waals surface area contributed by atoms with Crippen molar-refractivity contribution in [1.82, 2.24) is 5.32 Å². The molecule has 1 aliphatic carbocycles. The van der Waals surface area contributed by atoms with E-state index in [-0.39, 0.29) is 0 Å². The minimum Gasteiger partial charge on any atom is -0.362 e. The van der Waals surface area contributed by atoms with Crippen LogP contribution in [0.2, 0.25) is 0 Å². The predicted octanol–water partition coefficient (Wildman–Crippen LogP) is 2.35. The molecule has 2 aliphatic rings. The van der Waals surface area contributed by atoms with Gasteiger partial charge in [-0.2, -0.15) is 11.8 Å². The molecule has 1 heterocycles. The van der Waals surface area contributed by atoms with Gasteiger partial charge in [0.25, 0.3) is 0 Å². The van der Waals surface area contributed by atoms with Crippen molar-refractivity contribution in [1.29, 1.82) is 0 Å². The highest BCUT2D eigenvalue weighted by Crippen LogP contribution is 2.31. The average Bonchev–Trinajstić information content (AvgIpc) is 2.76. The van der Waals surface area contributed by atoms with Crippen molar-refractivity contribution in [2.75, 3.05) is 12.0 Å². The molecule has 14 heavy (non-hydrogen) atoms. The van der Waals surface area contributed by atoms with Crippen molar-refractivity contribution in [3.05, 3.63) is 0 Å². The second kappa shape index (κ2) is 4.79. The molecule has 0 bridgehead atoms. The van der Waals surface area contributed by atoms with Crippen LogP contribution in [0.4, 0.5) is 0 Å². The van der Waals surface area contributed by atoms with Crippen LogP contribution >= 0.6 is 23.5 Å². The first-order chi connectivity index (χ1) is 6.78. The van der Waals surface area contributed by atoms with Gasteiger partial charge in [0.15, 0.2) is 5.17 Å². The highest BCUT2D eigenvalue weighted by molar-refractivity contribution is 8.14. The van der Waals surface area contributed by atoms with E-state index in [0.717, 1.165) is 5.25 Å². The first-order valence-corrected chi connectivity index (χ1v) is 7.55. The van der Waals surface area contributed by atoms with Crippen molar-refractivity contribution >= 4 is 28.7 Å². The van der Waals surface area contributed by atoms with Crippen molar-refractivity contribution < 1.29 is 0 Å². The molecule has 4 heteroatoms. The van der Waals surface area contributed by atoms with E-state index >= 15 is 0 Å². The average molecular weight is 230 g/mol. The molecule has 0 spiro atoms. The molecule has 2 nitrogen and oxygen atoms in total. The largest absolute Gasteiger partial charge is 0.362 e. The maximum Gasteiger partial charge on any atom is 0.157 e. The van der Waals surface area contributed by atoms with Crippen molar-refractivity contribution in [3.8, 4) is 0 Å². The van der Waals surface area contributed by atoms with Gasteiger partial charge < -0.3 is 5.32 Å². The van der Waals surface area contributed by atoms with E-state index < -0.39 is 0 Å². The Morgan fingerprint density at radius 2 is 2.36 bits per heavy atom. The molecule has 3 unspecified atom stereocenters. The second-order valence-corrected chi connectivity index (χ2v) is 6.26. The van der Waals surface area contributed by atoms with Crippen LogP contribution in [0.5, 0.6) is 0 Å². The zero-order valence-corrected chi connectivity index (χ0v) is 10.5. The van der Waals surface area contributed by atoms with Gasteiger partial charge in [0.05, 0.1) is 6.04 Å². The molecule has 1 N–H and O–H groups in total. The van der Waals surface area contributed by atoms with Crippen molar-refractivity contribution in [2.45, 2.75) is 43.5 Å². The van der Waals surface area contributed by atoms with E-state index in [0.29, 0.717) is 12.1 Å². The quantitative estimate of drug-likeness (QED) is 0.788. The third-order valence-electron chi connectivity index (χ3n) is 2.83. The third kappa shape index (κ3) is 2.60. The smallest absolute Gasteiger partial charge is 0.157 e. The topological polar surface area (TPSA) is 24.4 Å². The van der Waals surface area contributed by atoms with Crippen LogP contribution < -0.4 is 5.32 Å². The van der Waals surface area contributed by atoms with Crippen LogP contribution in [0, 0.1) is 0 Å². The number of thioether (sulfide) groups is 2. The summed E-state index contributed by atoms with van der Waals surface area (Å²) in [6.45, 7) is 2.22. The Labute approximate surface area is 94.7 Å². The van der Waals surface area contributed by atoms with E-state index in [2.05, 4.69) is 18.5 Å². The maximum absolute atomic E-state index is 4.78. The lowest BCUT2D eigenvalue weighted by molar-refractivity contribution is 0.696. The molecular weight excluding hydrogens is 212 g/mol. The fourth-order valence-corrected chi connectivity index (χ4v) is 3.77. The molecule has 2 rings (SSSR count). The van der Waals surface area contributed by atoms with Gasteiger partial charge in [-0.15, -0.1) is 0 Å². The third-order valence-corrected chi connectivity index (χ3v) is 5.09. The normalized spacial score (nSPS) is 40.4. The van der Waals surface area contributed by atoms with Gasteiger partial charge in [-0.05, 0) is 32.4 Å². The van der Waals surface area contributed by atoms with Gasteiger partial charge in [-0.1, -0.05) is 11.8 Å². The van der Waals surface area contributed by atoms with Gasteiger partial charge >= 0.3 is 0 Å². The Bertz CT molecular complexity index is 230. The predicted molar refractivity (Wildman–Crippen MR) is 67.4 cm³/mol. The Morgan fingerprint density at radius 3 is 2.93 bits per heavy atom. The van der Waals surface area contributed by atoms with E-state index in [4.69, 9.17) is 4.99 Å². The lowest BCUT2D eigenvalue weighted by Gasteiger charge is -2.06.